The summed E-state index contributed by atoms with van der Waals surface area (Å²) in [5.41, 5.74) is 0.000241. The maximum absolute atomic E-state index is 12.8. The molecule has 1 aliphatic carbocycles. The molecule has 4 heteroatoms. The molecule has 0 unspecified atom stereocenters. The summed E-state index contributed by atoms with van der Waals surface area (Å²) < 4.78 is 38.4. The Hall–Kier alpha value is -1.03. The Kier molecular flexibility index (Phi) is 3.43. The lowest BCUT2D eigenvalue weighted by Gasteiger charge is -2.36. The van der Waals surface area contributed by atoms with E-state index >= 15 is 0 Å². The molecule has 0 aromatic heterocycles. The number of benzene rings is 1. The highest BCUT2D eigenvalue weighted by Gasteiger charge is 2.38. The number of hydrogen-bond acceptors (Lipinski definition) is 1. The van der Waals surface area contributed by atoms with Crippen LogP contribution < -0.4 is 5.32 Å². The van der Waals surface area contributed by atoms with Gasteiger partial charge in [0.05, 0.1) is 5.56 Å². The first-order valence-corrected chi connectivity index (χ1v) is 5.83. The lowest BCUT2D eigenvalue weighted by molar-refractivity contribution is -0.138. The van der Waals surface area contributed by atoms with Gasteiger partial charge in [-0.05, 0) is 49.9 Å². The molecule has 0 atom stereocenters. The molecule has 1 fully saturated rings. The minimum Gasteiger partial charge on any atom is -0.319 e. The molecule has 0 radical (unpaired) electrons. The van der Waals surface area contributed by atoms with Gasteiger partial charge in [0.15, 0.2) is 0 Å². The molecule has 1 saturated carbocycles. The third-order valence-electron chi connectivity index (χ3n) is 3.43. The van der Waals surface area contributed by atoms with Crippen molar-refractivity contribution in [3.63, 3.8) is 0 Å². The first-order chi connectivity index (χ1) is 8.02. The summed E-state index contributed by atoms with van der Waals surface area (Å²) in [6.07, 6.45) is -2.52. The van der Waals surface area contributed by atoms with Crippen molar-refractivity contribution in [3.8, 4) is 0 Å². The normalized spacial score (nSPS) is 24.5. The average Bonchev–Trinajstić information content (AvgIpc) is 2.21. The van der Waals surface area contributed by atoms with E-state index in [0.29, 0.717) is 11.5 Å². The van der Waals surface area contributed by atoms with Gasteiger partial charge in [0, 0.05) is 0 Å². The summed E-state index contributed by atoms with van der Waals surface area (Å²) >= 11 is 0. The van der Waals surface area contributed by atoms with Crippen LogP contribution in [0.5, 0.6) is 0 Å². The quantitative estimate of drug-likeness (QED) is 0.857. The summed E-state index contributed by atoms with van der Waals surface area (Å²) in [5.74, 6) is 0.595. The third kappa shape index (κ3) is 2.63. The zero-order valence-electron chi connectivity index (χ0n) is 9.72. The average molecular weight is 243 g/mol. The first kappa shape index (κ1) is 12.4. The second-order valence-electron chi connectivity index (χ2n) is 4.68. The highest BCUT2D eigenvalue weighted by atomic mass is 19.4. The fraction of sp³-hybridized carbons (Fsp3) is 0.538. The summed E-state index contributed by atoms with van der Waals surface area (Å²) in [4.78, 5) is 0. The zero-order chi connectivity index (χ0) is 12.5. The molecule has 1 nitrogen and oxygen atoms in total. The van der Waals surface area contributed by atoms with E-state index in [1.54, 1.807) is 12.1 Å². The second-order valence-corrected chi connectivity index (χ2v) is 4.68. The van der Waals surface area contributed by atoms with Crippen molar-refractivity contribution in [1.82, 2.24) is 5.32 Å². The van der Waals surface area contributed by atoms with Crippen LogP contribution in [0.3, 0.4) is 0 Å². The zero-order valence-corrected chi connectivity index (χ0v) is 9.72. The molecule has 0 saturated heterocycles. The molecule has 1 aromatic rings. The fourth-order valence-corrected chi connectivity index (χ4v) is 2.56. The van der Waals surface area contributed by atoms with Crippen LogP contribution in [0.1, 0.15) is 29.9 Å². The van der Waals surface area contributed by atoms with E-state index in [9.17, 15) is 13.2 Å². The van der Waals surface area contributed by atoms with Gasteiger partial charge in [-0.25, -0.2) is 0 Å². The van der Waals surface area contributed by atoms with Gasteiger partial charge in [0.1, 0.15) is 0 Å². The maximum atomic E-state index is 12.8. The first-order valence-electron chi connectivity index (χ1n) is 5.83. The van der Waals surface area contributed by atoms with E-state index < -0.39 is 11.7 Å². The fourth-order valence-electron chi connectivity index (χ4n) is 2.56. The minimum atomic E-state index is -4.23. The van der Waals surface area contributed by atoms with E-state index in [2.05, 4.69) is 5.32 Å². The molecule has 0 aliphatic heterocycles. The van der Waals surface area contributed by atoms with Gasteiger partial charge < -0.3 is 5.32 Å². The third-order valence-corrected chi connectivity index (χ3v) is 3.43. The lowest BCUT2D eigenvalue weighted by Crippen LogP contribution is -2.31. The number of rotatable bonds is 3. The van der Waals surface area contributed by atoms with E-state index in [0.717, 1.165) is 19.4 Å². The Morgan fingerprint density at radius 2 is 1.88 bits per heavy atom. The Morgan fingerprint density at radius 1 is 1.24 bits per heavy atom. The Balaban J connectivity index is 2.12. The molecule has 0 heterocycles. The van der Waals surface area contributed by atoms with E-state index in [1.807, 2.05) is 7.05 Å². The molecular weight excluding hydrogens is 227 g/mol. The highest BCUT2D eigenvalue weighted by Crippen LogP contribution is 2.45. The van der Waals surface area contributed by atoms with E-state index in [-0.39, 0.29) is 5.92 Å². The van der Waals surface area contributed by atoms with Crippen molar-refractivity contribution < 1.29 is 13.2 Å². The van der Waals surface area contributed by atoms with Gasteiger partial charge >= 0.3 is 6.18 Å². The van der Waals surface area contributed by atoms with Crippen molar-refractivity contribution in [3.05, 3.63) is 35.4 Å². The summed E-state index contributed by atoms with van der Waals surface area (Å²) in [6.45, 7) is 0.894. The number of hydrogen-bond donors (Lipinski definition) is 1. The van der Waals surface area contributed by atoms with Crippen LogP contribution in [0.25, 0.3) is 0 Å². The number of halogens is 3. The van der Waals surface area contributed by atoms with Gasteiger partial charge in [-0.1, -0.05) is 18.2 Å². The topological polar surface area (TPSA) is 12.0 Å². The van der Waals surface area contributed by atoms with Crippen molar-refractivity contribution in [2.75, 3.05) is 13.6 Å². The molecule has 2 rings (SSSR count). The molecule has 94 valence electrons. The minimum absolute atomic E-state index is 0.0752. The van der Waals surface area contributed by atoms with Gasteiger partial charge in [-0.15, -0.1) is 0 Å². The molecule has 0 spiro atoms. The monoisotopic (exact) mass is 243 g/mol. The molecule has 0 bridgehead atoms. The largest absolute Gasteiger partial charge is 0.416 e. The van der Waals surface area contributed by atoms with Crippen LogP contribution in [0, 0.1) is 5.92 Å². The van der Waals surface area contributed by atoms with Crippen LogP contribution in [0.2, 0.25) is 0 Å². The lowest BCUT2D eigenvalue weighted by atomic mass is 9.70. The molecule has 17 heavy (non-hydrogen) atoms. The van der Waals surface area contributed by atoms with Gasteiger partial charge in [-0.2, -0.15) is 13.2 Å². The maximum Gasteiger partial charge on any atom is 0.416 e. The molecule has 1 N–H and O–H groups in total. The molecule has 1 aliphatic rings. The standard InChI is InChI=1S/C13H16F3N/c1-17-8-9-6-10(7-9)11-4-2-3-5-12(11)13(14,15)16/h2-5,9-10,17H,6-8H2,1H3. The second kappa shape index (κ2) is 4.69. The van der Waals surface area contributed by atoms with Crippen LogP contribution in [0.15, 0.2) is 24.3 Å². The predicted molar refractivity (Wildman–Crippen MR) is 60.8 cm³/mol. The van der Waals surface area contributed by atoms with Gasteiger partial charge in [-0.3, -0.25) is 0 Å². The van der Waals surface area contributed by atoms with Crippen LogP contribution in [0.4, 0.5) is 13.2 Å². The Morgan fingerprint density at radius 3 is 2.47 bits per heavy atom. The Labute approximate surface area is 99.0 Å². The van der Waals surface area contributed by atoms with Gasteiger partial charge in [0.25, 0.3) is 0 Å². The predicted octanol–water partition coefficient (Wildman–Crippen LogP) is 3.42. The number of nitrogens with one attached hydrogen (secondary N) is 1. The highest BCUT2D eigenvalue weighted by molar-refractivity contribution is 5.34. The van der Waals surface area contributed by atoms with Crippen LogP contribution >= 0.6 is 0 Å². The SMILES string of the molecule is CNCC1CC(c2ccccc2C(F)(F)F)C1. The van der Waals surface area contributed by atoms with E-state index in [4.69, 9.17) is 0 Å². The summed E-state index contributed by atoms with van der Waals surface area (Å²) in [5, 5.41) is 3.06. The van der Waals surface area contributed by atoms with Gasteiger partial charge in [0.2, 0.25) is 0 Å². The summed E-state index contributed by atoms with van der Waals surface area (Å²) in [6, 6.07) is 5.94. The molecule has 1 aromatic carbocycles. The smallest absolute Gasteiger partial charge is 0.319 e. The van der Waals surface area contributed by atoms with Crippen molar-refractivity contribution in [1.29, 1.82) is 0 Å². The van der Waals surface area contributed by atoms with Crippen molar-refractivity contribution in [2.24, 2.45) is 5.92 Å². The van der Waals surface area contributed by atoms with E-state index in [1.165, 1.54) is 12.1 Å². The van der Waals surface area contributed by atoms with Crippen molar-refractivity contribution >= 4 is 0 Å². The molecule has 0 amide bonds. The number of alkyl halides is 3. The molecular formula is C13H16F3N. The van der Waals surface area contributed by atoms with Crippen LogP contribution in [-0.4, -0.2) is 13.6 Å². The Bertz CT molecular complexity index is 380. The van der Waals surface area contributed by atoms with Crippen molar-refractivity contribution in [2.45, 2.75) is 24.9 Å². The summed E-state index contributed by atoms with van der Waals surface area (Å²) in [7, 11) is 1.87. The van der Waals surface area contributed by atoms with Crippen LogP contribution in [-0.2, 0) is 6.18 Å².